The van der Waals surface area contributed by atoms with Crippen molar-refractivity contribution in [2.75, 3.05) is 7.11 Å². The number of rotatable bonds is 8. The van der Waals surface area contributed by atoms with Crippen LogP contribution in [0.4, 0.5) is 0 Å². The second-order valence-electron chi connectivity index (χ2n) is 6.49. The van der Waals surface area contributed by atoms with Gasteiger partial charge >= 0.3 is 0 Å². The number of hydrogen-bond donors (Lipinski definition) is 0. The molecule has 0 spiro atoms. The maximum Gasteiger partial charge on any atom is 0.268 e. The SMILES string of the molecule is CCCC=C(C=C(OC)O[Si](C)(C)C)O[Si](C)(C)C. The van der Waals surface area contributed by atoms with Gasteiger partial charge in [-0.05, 0) is 51.8 Å². The van der Waals surface area contributed by atoms with E-state index in [1.165, 1.54) is 0 Å². The van der Waals surface area contributed by atoms with E-state index in [-0.39, 0.29) is 0 Å². The molecule has 0 amide bonds. The molecule has 0 atom stereocenters. The molecule has 0 aromatic heterocycles. The summed E-state index contributed by atoms with van der Waals surface area (Å²) in [5, 5.41) is 0. The minimum Gasteiger partial charge on any atom is -0.544 e. The molecule has 0 N–H and O–H groups in total. The Labute approximate surface area is 120 Å². The molecule has 0 aromatic carbocycles. The molecule has 0 aliphatic carbocycles. The molecule has 0 saturated heterocycles. The van der Waals surface area contributed by atoms with Crippen LogP contribution in [0.5, 0.6) is 0 Å². The maximum absolute atomic E-state index is 6.07. The lowest BCUT2D eigenvalue weighted by Gasteiger charge is -2.23. The predicted molar refractivity (Wildman–Crippen MR) is 86.9 cm³/mol. The van der Waals surface area contributed by atoms with Gasteiger partial charge in [-0.1, -0.05) is 13.3 Å². The number of ether oxygens (including phenoxy) is 1. The summed E-state index contributed by atoms with van der Waals surface area (Å²) in [4.78, 5) is 0. The number of hydrogen-bond acceptors (Lipinski definition) is 3. The van der Waals surface area contributed by atoms with Gasteiger partial charge in [0.05, 0.1) is 13.2 Å². The average Bonchev–Trinajstić information content (AvgIpc) is 2.20. The van der Waals surface area contributed by atoms with Crippen LogP contribution < -0.4 is 0 Å². The molecule has 0 bridgehead atoms. The molecule has 112 valence electrons. The fourth-order valence-electron chi connectivity index (χ4n) is 1.32. The number of allylic oxidation sites excluding steroid dienone is 2. The Bertz CT molecular complexity index is 323. The van der Waals surface area contributed by atoms with Crippen LogP contribution in [0.1, 0.15) is 19.8 Å². The second-order valence-corrected chi connectivity index (χ2v) is 15.3. The van der Waals surface area contributed by atoms with E-state index in [1.807, 2.05) is 6.08 Å². The fraction of sp³-hybridized carbons (Fsp3) is 0.714. The molecule has 0 aromatic rings. The molecule has 3 nitrogen and oxygen atoms in total. The normalized spacial score (nSPS) is 14.3. The van der Waals surface area contributed by atoms with Gasteiger partial charge in [0.25, 0.3) is 5.95 Å². The molecule has 0 radical (unpaired) electrons. The van der Waals surface area contributed by atoms with Gasteiger partial charge < -0.3 is 13.6 Å². The smallest absolute Gasteiger partial charge is 0.268 e. The Morgan fingerprint density at radius 2 is 1.47 bits per heavy atom. The molecular weight excluding hydrogens is 272 g/mol. The molecule has 0 fully saturated rings. The number of methoxy groups -OCH3 is 1. The van der Waals surface area contributed by atoms with E-state index < -0.39 is 16.6 Å². The minimum absolute atomic E-state index is 0.555. The van der Waals surface area contributed by atoms with Crippen molar-refractivity contribution in [2.45, 2.75) is 59.0 Å². The summed E-state index contributed by atoms with van der Waals surface area (Å²) < 4.78 is 17.3. The highest BCUT2D eigenvalue weighted by atomic mass is 28.4. The Kier molecular flexibility index (Phi) is 7.51. The highest BCUT2D eigenvalue weighted by molar-refractivity contribution is 6.70. The van der Waals surface area contributed by atoms with Crippen LogP contribution in [0.3, 0.4) is 0 Å². The molecule has 0 saturated carbocycles. The average molecular weight is 303 g/mol. The third-order valence-corrected chi connectivity index (χ3v) is 3.59. The Hall–Kier alpha value is -0.686. The molecule has 19 heavy (non-hydrogen) atoms. The lowest BCUT2D eigenvalue weighted by Crippen LogP contribution is -2.26. The van der Waals surface area contributed by atoms with Crippen molar-refractivity contribution >= 4 is 16.6 Å². The first-order chi connectivity index (χ1) is 8.57. The third kappa shape index (κ3) is 10.9. The second kappa shape index (κ2) is 7.79. The van der Waals surface area contributed by atoms with Crippen molar-refractivity contribution in [1.82, 2.24) is 0 Å². The monoisotopic (exact) mass is 302 g/mol. The van der Waals surface area contributed by atoms with Crippen LogP contribution in [-0.4, -0.2) is 23.7 Å². The molecule has 0 heterocycles. The van der Waals surface area contributed by atoms with Crippen molar-refractivity contribution < 1.29 is 13.6 Å². The summed E-state index contributed by atoms with van der Waals surface area (Å²) in [5.74, 6) is 1.43. The summed E-state index contributed by atoms with van der Waals surface area (Å²) in [7, 11) is -1.65. The highest BCUT2D eigenvalue weighted by Gasteiger charge is 2.20. The Morgan fingerprint density at radius 1 is 0.947 bits per heavy atom. The summed E-state index contributed by atoms with van der Waals surface area (Å²) in [6, 6.07) is 0. The molecule has 0 rings (SSSR count). The quantitative estimate of drug-likeness (QED) is 0.364. The topological polar surface area (TPSA) is 27.7 Å². The molecule has 0 unspecified atom stereocenters. The van der Waals surface area contributed by atoms with Gasteiger partial charge in [0, 0.05) is 0 Å². The zero-order valence-electron chi connectivity index (χ0n) is 13.8. The maximum atomic E-state index is 6.07. The molecule has 5 heteroatoms. The lowest BCUT2D eigenvalue weighted by atomic mass is 10.3. The van der Waals surface area contributed by atoms with Gasteiger partial charge in [-0.2, -0.15) is 0 Å². The van der Waals surface area contributed by atoms with E-state index in [1.54, 1.807) is 7.11 Å². The van der Waals surface area contributed by atoms with E-state index in [0.29, 0.717) is 5.95 Å². The summed E-state index contributed by atoms with van der Waals surface area (Å²) >= 11 is 0. The van der Waals surface area contributed by atoms with Gasteiger partial charge in [-0.15, -0.1) is 0 Å². The Balaban J connectivity index is 5.03. The van der Waals surface area contributed by atoms with Crippen LogP contribution in [0.2, 0.25) is 39.3 Å². The molecular formula is C14H30O3Si2. The van der Waals surface area contributed by atoms with Gasteiger partial charge in [-0.25, -0.2) is 0 Å². The summed E-state index contributed by atoms with van der Waals surface area (Å²) in [6.45, 7) is 15.1. The van der Waals surface area contributed by atoms with Crippen LogP contribution in [0.15, 0.2) is 23.9 Å². The van der Waals surface area contributed by atoms with Crippen LogP contribution in [-0.2, 0) is 13.6 Å². The molecule has 0 aliphatic heterocycles. The number of unbranched alkanes of at least 4 members (excludes halogenated alkanes) is 1. The van der Waals surface area contributed by atoms with Crippen LogP contribution in [0, 0.1) is 0 Å². The van der Waals surface area contributed by atoms with Crippen LogP contribution >= 0.6 is 0 Å². The van der Waals surface area contributed by atoms with Crippen molar-refractivity contribution in [3.63, 3.8) is 0 Å². The predicted octanol–water partition coefficient (Wildman–Crippen LogP) is 4.86. The Morgan fingerprint density at radius 3 is 1.84 bits per heavy atom. The summed E-state index contributed by atoms with van der Waals surface area (Å²) in [6.07, 6.45) is 6.10. The van der Waals surface area contributed by atoms with Gasteiger partial charge in [0.15, 0.2) is 0 Å². The third-order valence-electron chi connectivity index (χ3n) is 1.93. The first-order valence-corrected chi connectivity index (χ1v) is 13.7. The van der Waals surface area contributed by atoms with Crippen molar-refractivity contribution in [2.24, 2.45) is 0 Å². The van der Waals surface area contributed by atoms with Crippen LogP contribution in [0.25, 0.3) is 0 Å². The van der Waals surface area contributed by atoms with Crippen molar-refractivity contribution in [3.05, 3.63) is 23.9 Å². The van der Waals surface area contributed by atoms with Crippen molar-refractivity contribution in [3.8, 4) is 0 Å². The molecule has 0 aliphatic rings. The van der Waals surface area contributed by atoms with E-state index in [0.717, 1.165) is 18.6 Å². The lowest BCUT2D eigenvalue weighted by molar-refractivity contribution is 0.145. The van der Waals surface area contributed by atoms with E-state index >= 15 is 0 Å². The first-order valence-electron chi connectivity index (χ1n) is 6.91. The zero-order chi connectivity index (χ0) is 15.1. The van der Waals surface area contributed by atoms with Gasteiger partial charge in [-0.3, -0.25) is 0 Å². The summed E-state index contributed by atoms with van der Waals surface area (Å²) in [5.41, 5.74) is 0. The van der Waals surface area contributed by atoms with E-state index in [4.69, 9.17) is 13.6 Å². The largest absolute Gasteiger partial charge is 0.544 e. The standard InChI is InChI=1S/C14H30O3Si2/c1-9-10-11-13(16-18(3,4)5)12-14(15-2)17-19(6,7)8/h11-12H,9-10H2,1-8H3. The first kappa shape index (κ1) is 18.3. The minimum atomic E-state index is -1.66. The van der Waals surface area contributed by atoms with Gasteiger partial charge in [0.1, 0.15) is 5.76 Å². The van der Waals surface area contributed by atoms with E-state index in [2.05, 4.69) is 52.3 Å². The van der Waals surface area contributed by atoms with E-state index in [9.17, 15) is 0 Å². The zero-order valence-corrected chi connectivity index (χ0v) is 15.8. The fourth-order valence-corrected chi connectivity index (χ4v) is 2.91. The highest BCUT2D eigenvalue weighted by Crippen LogP contribution is 2.18. The van der Waals surface area contributed by atoms with Gasteiger partial charge in [0.2, 0.25) is 16.6 Å². The van der Waals surface area contributed by atoms with Crippen molar-refractivity contribution in [1.29, 1.82) is 0 Å².